The molecule has 174 valence electrons. The highest BCUT2D eigenvalue weighted by Gasteiger charge is 2.17. The Kier molecular flexibility index (Phi) is 5.67. The summed E-state index contributed by atoms with van der Waals surface area (Å²) in [6.45, 7) is 2.66. The topological polar surface area (TPSA) is 97.6 Å². The van der Waals surface area contributed by atoms with Crippen LogP contribution in [0.3, 0.4) is 0 Å². The van der Waals surface area contributed by atoms with E-state index in [1.807, 2.05) is 61.6 Å². The largest absolute Gasteiger partial charge is 0.486 e. The predicted molar refractivity (Wildman–Crippen MR) is 133 cm³/mol. The Morgan fingerprint density at radius 1 is 1.12 bits per heavy atom. The maximum atomic E-state index is 11.2. The summed E-state index contributed by atoms with van der Waals surface area (Å²) in [7, 11) is 1.84. The van der Waals surface area contributed by atoms with E-state index in [0.29, 0.717) is 35.5 Å². The maximum Gasteiger partial charge on any atom is 0.325 e. The number of nitrogens with zero attached hydrogens (tertiary/aromatic N) is 2. The first-order valence-electron chi connectivity index (χ1n) is 10.8. The number of hydrogen-bond acceptors (Lipinski definition) is 6. The van der Waals surface area contributed by atoms with Gasteiger partial charge in [-0.3, -0.25) is 9.48 Å². The molecule has 0 saturated heterocycles. The number of carboxylic acids is 1. The Labute approximate surface area is 201 Å². The number of benzene rings is 3. The van der Waals surface area contributed by atoms with Gasteiger partial charge in [0, 0.05) is 23.7 Å². The van der Waals surface area contributed by atoms with Gasteiger partial charge in [0.1, 0.15) is 19.3 Å². The van der Waals surface area contributed by atoms with Crippen LogP contribution in [0, 0.1) is 0 Å². The molecule has 0 aliphatic carbocycles. The number of aliphatic carboxylic acids is 1. The van der Waals surface area contributed by atoms with Crippen LogP contribution in [0.1, 0.15) is 6.92 Å². The first-order chi connectivity index (χ1) is 16.4. The Hall–Kier alpha value is -3.91. The van der Waals surface area contributed by atoms with Crippen LogP contribution in [0.15, 0.2) is 54.6 Å². The number of nitrogens with one attached hydrogen (secondary N) is 2. The number of halogens is 1. The van der Waals surface area contributed by atoms with Gasteiger partial charge in [-0.1, -0.05) is 29.8 Å². The smallest absolute Gasteiger partial charge is 0.325 e. The van der Waals surface area contributed by atoms with Crippen molar-refractivity contribution in [2.45, 2.75) is 13.0 Å². The van der Waals surface area contributed by atoms with Crippen molar-refractivity contribution >= 4 is 45.7 Å². The second-order valence-electron chi connectivity index (χ2n) is 8.06. The van der Waals surface area contributed by atoms with Gasteiger partial charge in [-0.25, -0.2) is 0 Å². The normalized spacial score (nSPS) is 13.5. The summed E-state index contributed by atoms with van der Waals surface area (Å²) in [5.74, 6) is 1.17. The van der Waals surface area contributed by atoms with Crippen LogP contribution in [0.25, 0.3) is 22.0 Å². The summed E-state index contributed by atoms with van der Waals surface area (Å²) < 4.78 is 13.1. The molecule has 8 nitrogen and oxygen atoms in total. The molecular weight excluding hydrogens is 456 g/mol. The summed E-state index contributed by atoms with van der Waals surface area (Å²) in [6, 6.07) is 16.5. The molecule has 1 atom stereocenters. The minimum Gasteiger partial charge on any atom is -0.486 e. The average Bonchev–Trinajstić information content (AvgIpc) is 3.14. The molecule has 1 aliphatic rings. The van der Waals surface area contributed by atoms with Gasteiger partial charge in [0.2, 0.25) is 0 Å². The number of anilines is 3. The van der Waals surface area contributed by atoms with Gasteiger partial charge in [-0.05, 0) is 48.9 Å². The van der Waals surface area contributed by atoms with Crippen molar-refractivity contribution < 1.29 is 19.4 Å². The van der Waals surface area contributed by atoms with Crippen LogP contribution < -0.4 is 20.1 Å². The minimum absolute atomic E-state index is 0.519. The number of fused-ring (bicyclic) bond motifs is 2. The van der Waals surface area contributed by atoms with Gasteiger partial charge < -0.3 is 25.2 Å². The number of hydrogen-bond donors (Lipinski definition) is 3. The average molecular weight is 479 g/mol. The molecule has 0 spiro atoms. The van der Waals surface area contributed by atoms with E-state index in [0.717, 1.165) is 33.5 Å². The number of carbonyl (C=O) groups is 1. The van der Waals surface area contributed by atoms with Crippen LogP contribution in [0.4, 0.5) is 17.2 Å². The fourth-order valence-corrected chi connectivity index (χ4v) is 4.22. The van der Waals surface area contributed by atoms with E-state index in [-0.39, 0.29) is 0 Å². The Bertz CT molecular complexity index is 1400. The zero-order valence-corrected chi connectivity index (χ0v) is 19.4. The first-order valence-corrected chi connectivity index (χ1v) is 11.2. The molecule has 2 heterocycles. The summed E-state index contributed by atoms with van der Waals surface area (Å²) in [5, 5.41) is 21.5. The Balaban J connectivity index is 1.46. The predicted octanol–water partition coefficient (Wildman–Crippen LogP) is 5.29. The molecule has 4 aromatic rings. The molecule has 3 N–H and O–H groups in total. The molecule has 0 unspecified atom stereocenters. The highest BCUT2D eigenvalue weighted by molar-refractivity contribution is 6.36. The lowest BCUT2D eigenvalue weighted by Crippen LogP contribution is -2.25. The van der Waals surface area contributed by atoms with Crippen LogP contribution in [-0.2, 0) is 11.8 Å². The van der Waals surface area contributed by atoms with E-state index in [9.17, 15) is 4.79 Å². The molecule has 3 aromatic carbocycles. The maximum absolute atomic E-state index is 11.2. The monoisotopic (exact) mass is 478 g/mol. The van der Waals surface area contributed by atoms with Crippen molar-refractivity contribution in [2.75, 3.05) is 23.8 Å². The quantitative estimate of drug-likeness (QED) is 0.346. The lowest BCUT2D eigenvalue weighted by atomic mass is 10.0. The third-order valence-electron chi connectivity index (χ3n) is 5.71. The van der Waals surface area contributed by atoms with Gasteiger partial charge in [-0.2, -0.15) is 5.10 Å². The van der Waals surface area contributed by atoms with Crippen molar-refractivity contribution in [3.63, 3.8) is 0 Å². The third-order valence-corrected chi connectivity index (χ3v) is 6.12. The van der Waals surface area contributed by atoms with Crippen LogP contribution in [-0.4, -0.2) is 40.1 Å². The van der Waals surface area contributed by atoms with Crippen molar-refractivity contribution in [3.8, 4) is 22.6 Å². The molecule has 1 aromatic heterocycles. The van der Waals surface area contributed by atoms with E-state index >= 15 is 0 Å². The fourth-order valence-electron chi connectivity index (χ4n) is 3.94. The highest BCUT2D eigenvalue weighted by Crippen LogP contribution is 2.40. The van der Waals surface area contributed by atoms with Crippen LogP contribution >= 0.6 is 11.6 Å². The van der Waals surface area contributed by atoms with E-state index in [1.165, 1.54) is 0 Å². The third kappa shape index (κ3) is 4.08. The lowest BCUT2D eigenvalue weighted by Gasteiger charge is -2.19. The minimum atomic E-state index is -0.917. The van der Waals surface area contributed by atoms with Crippen molar-refractivity contribution in [2.24, 2.45) is 7.05 Å². The van der Waals surface area contributed by atoms with E-state index in [1.54, 1.807) is 11.6 Å². The Morgan fingerprint density at radius 3 is 2.71 bits per heavy atom. The molecule has 0 saturated carbocycles. The van der Waals surface area contributed by atoms with Gasteiger partial charge >= 0.3 is 5.97 Å². The van der Waals surface area contributed by atoms with Gasteiger partial charge in [0.15, 0.2) is 17.3 Å². The van der Waals surface area contributed by atoms with Gasteiger partial charge in [-0.15, -0.1) is 0 Å². The summed E-state index contributed by atoms with van der Waals surface area (Å²) in [6.07, 6.45) is 0. The second-order valence-corrected chi connectivity index (χ2v) is 8.44. The van der Waals surface area contributed by atoms with Crippen LogP contribution in [0.5, 0.6) is 11.5 Å². The van der Waals surface area contributed by atoms with E-state index in [2.05, 4.69) is 15.7 Å². The summed E-state index contributed by atoms with van der Waals surface area (Å²) >= 11 is 6.81. The van der Waals surface area contributed by atoms with Crippen molar-refractivity contribution in [3.05, 3.63) is 59.6 Å². The van der Waals surface area contributed by atoms with E-state index in [4.69, 9.17) is 26.2 Å². The Morgan fingerprint density at radius 2 is 1.91 bits per heavy atom. The summed E-state index contributed by atoms with van der Waals surface area (Å²) in [4.78, 5) is 11.2. The van der Waals surface area contributed by atoms with Gasteiger partial charge in [0.05, 0.1) is 16.2 Å². The molecule has 9 heteroatoms. The molecule has 0 amide bonds. The zero-order chi connectivity index (χ0) is 23.8. The highest BCUT2D eigenvalue weighted by atomic mass is 35.5. The van der Waals surface area contributed by atoms with Crippen molar-refractivity contribution in [1.82, 2.24) is 9.78 Å². The number of carboxylic acid groups (broad SMARTS) is 1. The lowest BCUT2D eigenvalue weighted by molar-refractivity contribution is -0.137. The molecule has 5 rings (SSSR count). The fraction of sp³-hybridized carbons (Fsp3) is 0.200. The molecule has 0 bridgehead atoms. The molecule has 1 aliphatic heterocycles. The zero-order valence-electron chi connectivity index (χ0n) is 18.6. The first kappa shape index (κ1) is 21.9. The second kappa shape index (κ2) is 8.79. The van der Waals surface area contributed by atoms with Gasteiger partial charge in [0.25, 0.3) is 0 Å². The standard InChI is InChI=1S/C25H23ClN4O4/c1-14(25(31)32)27-16-7-8-18-20(13-16)30(2)29-24(18)28-19-5-3-4-17(23(19)26)15-6-9-21-22(12-15)34-11-10-33-21/h3-9,12-14,27H,10-11H2,1-2H3,(H,28,29)(H,31,32)/t14-/m1/s1. The number of ether oxygens (including phenoxy) is 2. The van der Waals surface area contributed by atoms with E-state index < -0.39 is 12.0 Å². The number of aryl methyl sites for hydroxylation is 1. The number of rotatable bonds is 6. The SMILES string of the molecule is C[C@@H](Nc1ccc2c(Nc3cccc(-c4ccc5c(c4)OCCO5)c3Cl)nn(C)c2c1)C(=O)O. The molecular formula is C25H23ClN4O4. The molecule has 0 radical (unpaired) electrons. The number of aromatic nitrogens is 2. The summed E-state index contributed by atoms with van der Waals surface area (Å²) in [5.41, 5.74) is 4.06. The van der Waals surface area contributed by atoms with Crippen molar-refractivity contribution in [1.29, 1.82) is 0 Å². The molecule has 34 heavy (non-hydrogen) atoms. The molecule has 0 fully saturated rings. The van der Waals surface area contributed by atoms with Crippen LogP contribution in [0.2, 0.25) is 5.02 Å².